The Bertz CT molecular complexity index is 260. The van der Waals surface area contributed by atoms with Crippen LogP contribution in [0.15, 0.2) is 10.7 Å². The van der Waals surface area contributed by atoms with Gasteiger partial charge >= 0.3 is 0 Å². The van der Waals surface area contributed by atoms with Gasteiger partial charge in [-0.05, 0) is 34.5 Å². The molecule has 0 aliphatic heterocycles. The molecule has 0 amide bonds. The van der Waals surface area contributed by atoms with Crippen LogP contribution in [0, 0.1) is 6.92 Å². The minimum absolute atomic E-state index is 0.808. The molecule has 3 nitrogen and oxygen atoms in total. The van der Waals surface area contributed by atoms with Crippen molar-refractivity contribution in [3.8, 4) is 0 Å². The molecule has 1 aromatic heterocycles. The van der Waals surface area contributed by atoms with Crippen LogP contribution < -0.4 is 4.90 Å². The Morgan fingerprint density at radius 1 is 1.36 bits per heavy atom. The van der Waals surface area contributed by atoms with E-state index in [0.29, 0.717) is 0 Å². The highest BCUT2D eigenvalue weighted by Gasteiger charge is 2.00. The van der Waals surface area contributed by atoms with E-state index >= 15 is 0 Å². The predicted octanol–water partition coefficient (Wildman–Crippen LogP) is 1.61. The number of anilines is 1. The molecule has 0 aromatic carbocycles. The molecule has 0 fully saturated rings. The van der Waals surface area contributed by atoms with Gasteiger partial charge in [0.15, 0.2) is 5.82 Å². The normalized spacial score (nSPS) is 9.82. The van der Waals surface area contributed by atoms with Crippen molar-refractivity contribution in [3.05, 3.63) is 16.2 Å². The van der Waals surface area contributed by atoms with Crippen LogP contribution in [0.3, 0.4) is 0 Å². The van der Waals surface area contributed by atoms with Crippen molar-refractivity contribution in [2.75, 3.05) is 19.0 Å². The van der Waals surface area contributed by atoms with E-state index in [4.69, 9.17) is 0 Å². The molecule has 0 saturated heterocycles. The topological polar surface area (TPSA) is 29.0 Å². The fourth-order valence-corrected chi connectivity index (χ4v) is 0.868. The average Bonchev–Trinajstić information content (AvgIpc) is 1.94. The second-order valence-electron chi connectivity index (χ2n) is 2.57. The van der Waals surface area contributed by atoms with Gasteiger partial charge in [-0.3, -0.25) is 0 Å². The first kappa shape index (κ1) is 8.46. The van der Waals surface area contributed by atoms with Crippen LogP contribution >= 0.6 is 15.9 Å². The van der Waals surface area contributed by atoms with Crippen LogP contribution in [0.25, 0.3) is 0 Å². The maximum atomic E-state index is 3.97. The average molecular weight is 216 g/mol. The van der Waals surface area contributed by atoms with Crippen molar-refractivity contribution in [1.82, 2.24) is 10.2 Å². The first-order valence-electron chi connectivity index (χ1n) is 3.28. The van der Waals surface area contributed by atoms with E-state index in [1.165, 1.54) is 0 Å². The molecule has 60 valence electrons. The molecule has 0 aliphatic carbocycles. The third kappa shape index (κ3) is 1.89. The maximum absolute atomic E-state index is 3.97. The Kier molecular flexibility index (Phi) is 2.44. The van der Waals surface area contributed by atoms with Crippen LogP contribution in [-0.4, -0.2) is 24.3 Å². The molecule has 0 bridgehead atoms. The summed E-state index contributed by atoms with van der Waals surface area (Å²) >= 11 is 3.29. The van der Waals surface area contributed by atoms with E-state index < -0.39 is 0 Å². The largest absolute Gasteiger partial charge is 0.361 e. The standard InChI is InChI=1S/C7H10BrN3/c1-5-4-6(11(2)3)9-10-7(5)8/h4H,1-3H3. The van der Waals surface area contributed by atoms with E-state index in [2.05, 4.69) is 26.1 Å². The molecule has 0 unspecified atom stereocenters. The molecule has 0 aliphatic rings. The third-order valence-corrected chi connectivity index (χ3v) is 2.15. The van der Waals surface area contributed by atoms with Crippen LogP contribution in [0.5, 0.6) is 0 Å². The lowest BCUT2D eigenvalue weighted by Gasteiger charge is -2.10. The number of nitrogens with zero attached hydrogens (tertiary/aromatic N) is 3. The van der Waals surface area contributed by atoms with E-state index in [1.807, 2.05) is 32.0 Å². The number of halogens is 1. The summed E-state index contributed by atoms with van der Waals surface area (Å²) in [5.41, 5.74) is 1.10. The van der Waals surface area contributed by atoms with Gasteiger partial charge in [0.25, 0.3) is 0 Å². The van der Waals surface area contributed by atoms with Gasteiger partial charge in [0.05, 0.1) is 0 Å². The molecule has 1 rings (SSSR count). The van der Waals surface area contributed by atoms with Gasteiger partial charge in [-0.2, -0.15) is 0 Å². The summed E-state index contributed by atoms with van der Waals surface area (Å²) in [4.78, 5) is 1.92. The summed E-state index contributed by atoms with van der Waals surface area (Å²) < 4.78 is 0.808. The van der Waals surface area contributed by atoms with Crippen LogP contribution in [0.1, 0.15) is 5.56 Å². The molecule has 0 atom stereocenters. The molecule has 0 saturated carbocycles. The van der Waals surface area contributed by atoms with Crippen molar-refractivity contribution in [1.29, 1.82) is 0 Å². The predicted molar refractivity (Wildman–Crippen MR) is 48.8 cm³/mol. The maximum Gasteiger partial charge on any atom is 0.151 e. The van der Waals surface area contributed by atoms with Crippen LogP contribution in [0.2, 0.25) is 0 Å². The second-order valence-corrected chi connectivity index (χ2v) is 3.32. The van der Waals surface area contributed by atoms with E-state index in [1.54, 1.807) is 0 Å². The van der Waals surface area contributed by atoms with Crippen molar-refractivity contribution in [2.24, 2.45) is 0 Å². The Hall–Kier alpha value is -0.640. The Labute approximate surface area is 74.6 Å². The highest BCUT2D eigenvalue weighted by molar-refractivity contribution is 9.10. The summed E-state index contributed by atoms with van der Waals surface area (Å²) in [5.74, 6) is 0.880. The van der Waals surface area contributed by atoms with Crippen molar-refractivity contribution in [3.63, 3.8) is 0 Å². The molecular formula is C7H10BrN3. The number of aromatic nitrogens is 2. The van der Waals surface area contributed by atoms with Crippen LogP contribution in [0.4, 0.5) is 5.82 Å². The fourth-order valence-electron chi connectivity index (χ4n) is 0.675. The first-order chi connectivity index (χ1) is 5.11. The van der Waals surface area contributed by atoms with Gasteiger partial charge in [0.1, 0.15) is 4.60 Å². The SMILES string of the molecule is Cc1cc(N(C)C)nnc1Br. The lowest BCUT2D eigenvalue weighted by Crippen LogP contribution is -2.11. The first-order valence-corrected chi connectivity index (χ1v) is 4.07. The van der Waals surface area contributed by atoms with Gasteiger partial charge in [0.2, 0.25) is 0 Å². The van der Waals surface area contributed by atoms with Crippen LogP contribution in [-0.2, 0) is 0 Å². The van der Waals surface area contributed by atoms with E-state index in [0.717, 1.165) is 16.0 Å². The zero-order valence-corrected chi connectivity index (χ0v) is 8.38. The molecule has 0 radical (unpaired) electrons. The number of hydrogen-bond acceptors (Lipinski definition) is 3. The molecule has 1 heterocycles. The number of rotatable bonds is 1. The van der Waals surface area contributed by atoms with Gasteiger partial charge in [0, 0.05) is 14.1 Å². The summed E-state index contributed by atoms with van der Waals surface area (Å²) in [5, 5.41) is 7.89. The summed E-state index contributed by atoms with van der Waals surface area (Å²) in [6, 6.07) is 1.98. The summed E-state index contributed by atoms with van der Waals surface area (Å²) in [7, 11) is 3.88. The number of hydrogen-bond donors (Lipinski definition) is 0. The molecular weight excluding hydrogens is 206 g/mol. The second kappa shape index (κ2) is 3.17. The Morgan fingerprint density at radius 2 is 2.00 bits per heavy atom. The molecule has 0 spiro atoms. The van der Waals surface area contributed by atoms with Crippen molar-refractivity contribution in [2.45, 2.75) is 6.92 Å². The minimum Gasteiger partial charge on any atom is -0.361 e. The van der Waals surface area contributed by atoms with Gasteiger partial charge in [-0.25, -0.2) is 0 Å². The fraction of sp³-hybridized carbons (Fsp3) is 0.429. The lowest BCUT2D eigenvalue weighted by molar-refractivity contribution is 0.936. The van der Waals surface area contributed by atoms with Gasteiger partial charge in [-0.1, -0.05) is 0 Å². The molecule has 1 aromatic rings. The molecule has 11 heavy (non-hydrogen) atoms. The van der Waals surface area contributed by atoms with E-state index in [9.17, 15) is 0 Å². The molecule has 4 heteroatoms. The Balaban J connectivity index is 3.05. The third-order valence-electron chi connectivity index (χ3n) is 1.37. The highest BCUT2D eigenvalue weighted by atomic mass is 79.9. The van der Waals surface area contributed by atoms with E-state index in [-0.39, 0.29) is 0 Å². The highest BCUT2D eigenvalue weighted by Crippen LogP contribution is 2.15. The van der Waals surface area contributed by atoms with Gasteiger partial charge < -0.3 is 4.90 Å². The monoisotopic (exact) mass is 215 g/mol. The van der Waals surface area contributed by atoms with Gasteiger partial charge in [-0.15, -0.1) is 10.2 Å². The summed E-state index contributed by atoms with van der Waals surface area (Å²) in [6.45, 7) is 1.99. The summed E-state index contributed by atoms with van der Waals surface area (Å²) in [6.07, 6.45) is 0. The van der Waals surface area contributed by atoms with Crippen molar-refractivity contribution < 1.29 is 0 Å². The smallest absolute Gasteiger partial charge is 0.151 e. The minimum atomic E-state index is 0.808. The zero-order valence-electron chi connectivity index (χ0n) is 6.80. The Morgan fingerprint density at radius 3 is 2.45 bits per heavy atom. The zero-order chi connectivity index (χ0) is 8.43. The number of aryl methyl sites for hydroxylation is 1. The molecule has 0 N–H and O–H groups in total. The lowest BCUT2D eigenvalue weighted by atomic mass is 10.3. The quantitative estimate of drug-likeness (QED) is 0.714. The van der Waals surface area contributed by atoms with Crippen molar-refractivity contribution >= 4 is 21.7 Å².